The Balaban J connectivity index is 0.664. The summed E-state index contributed by atoms with van der Waals surface area (Å²) in [5.74, 6) is -0.854. The van der Waals surface area contributed by atoms with Crippen LogP contribution in [0, 0.1) is 48.5 Å². The Labute approximate surface area is 828 Å². The SMILES string of the molecule is Cc1cn([C@H]2C[C@H](OP(=O)(O)OC[C@H]3O[C@@H](n4cc(C)c(=O)[nH]c4=O)C[C@@H]3OP(=O)(O)OC[C@H]3O[C@@H](n4cc(C)c(=O)[nH]c4=O)C[C@@H]3OP(=O)(O)OC[C@H]3O[C@@H](n4cc(C)c(=O)[nH]c4=O)C[C@@H]3OP(=O)(O)OC[C@H]3O[C@@H](n4cc(C)c(=O)[nH]c4=O)C[C@@H]3OP(=O)(O)OC[C@H]3O[C@@H](n4cc(C)c(=O)[nH]c4=O)C[C@@H]3OP(=O)(O)OC[C@H]3O[C@@H](n4cc(C)c(=O)[nH]c4=O)C[C@@H]3OP(=O)(O)NCCCCCCN)[C@@H](CO)O2)c(=O)nc1[O-]. The minimum absolute atomic E-state index is 0.00689. The maximum Gasteiger partial charge on any atom is 0.472 e. The van der Waals surface area contributed by atoms with E-state index >= 15 is 0 Å². The van der Waals surface area contributed by atoms with Gasteiger partial charge in [-0.3, -0.25) is 149 Å². The number of unbranched alkanes of at least 4 members (excludes halogenated alkanes) is 3. The Morgan fingerprint density at radius 1 is 0.324 bits per heavy atom. The van der Waals surface area contributed by atoms with Gasteiger partial charge in [-0.1, -0.05) is 12.8 Å². The molecule has 7 saturated heterocycles. The van der Waals surface area contributed by atoms with Crippen LogP contribution in [0.3, 0.4) is 0 Å². The number of aliphatic hydroxyl groups excluding tert-OH is 1. The van der Waals surface area contributed by atoms with Gasteiger partial charge in [0.25, 0.3) is 33.4 Å². The minimum atomic E-state index is -5.82. The third-order valence-electron chi connectivity index (χ3n) is 24.3. The van der Waals surface area contributed by atoms with E-state index in [1.54, 1.807) is 0 Å². The summed E-state index contributed by atoms with van der Waals surface area (Å²) in [6.45, 7) is 1.39. The topological polar surface area (TPSA) is 891 Å². The van der Waals surface area contributed by atoms with Crippen molar-refractivity contribution < 1.29 is 168 Å². The van der Waals surface area contributed by atoms with Crippen LogP contribution in [0.4, 0.5) is 0 Å². The molecule has 7 aliphatic heterocycles. The van der Waals surface area contributed by atoms with Gasteiger partial charge in [-0.15, -0.1) is 0 Å². The van der Waals surface area contributed by atoms with Gasteiger partial charge in [0.15, 0.2) is 0 Å². The molecule has 7 fully saturated rings. The number of H-pyrrole nitrogens is 6. The molecule has 7 aromatic rings. The molecule has 0 spiro atoms. The van der Waals surface area contributed by atoms with Crippen LogP contribution >= 0.6 is 54.7 Å². The predicted molar refractivity (Wildman–Crippen MR) is 490 cm³/mol. The number of aryl methyl sites for hydroxylation is 7. The molecule has 7 aliphatic rings. The molecule has 28 atom stereocenters. The lowest BCUT2D eigenvalue weighted by Gasteiger charge is -2.26. The second-order valence-corrected chi connectivity index (χ2v) is 45.3. The highest BCUT2D eigenvalue weighted by atomic mass is 31.2. The van der Waals surface area contributed by atoms with Crippen LogP contribution in [0.15, 0.2) is 106 Å². The smallest absolute Gasteiger partial charge is 0.472 e. The van der Waals surface area contributed by atoms with E-state index in [9.17, 15) is 139 Å². The molecular formula is C76H106N16O49P7-. The van der Waals surface area contributed by atoms with Crippen molar-refractivity contribution in [2.24, 2.45) is 5.73 Å². The number of aromatic amines is 6. The van der Waals surface area contributed by atoms with Gasteiger partial charge in [-0.25, -0.2) is 75.6 Å². The zero-order valence-corrected chi connectivity index (χ0v) is 85.2. The van der Waals surface area contributed by atoms with E-state index in [2.05, 4.69) is 20.0 Å². The first-order valence-corrected chi connectivity index (χ1v) is 55.7. The fourth-order valence-electron chi connectivity index (χ4n) is 16.8. The summed E-state index contributed by atoms with van der Waals surface area (Å²) < 4.78 is 218. The molecule has 14 heterocycles. The molecule has 7 unspecified atom stereocenters. The summed E-state index contributed by atoms with van der Waals surface area (Å²) in [6, 6.07) is 0. The Hall–Kier alpha value is -8.83. The van der Waals surface area contributed by atoms with E-state index in [4.69, 9.17) is 97.7 Å². The average Bonchev–Trinajstić information content (AvgIpc) is 1.65. The number of rotatable bonds is 47. The second-order valence-electron chi connectivity index (χ2n) is 35.3. The number of nitrogens with one attached hydrogen (secondary N) is 7. The van der Waals surface area contributed by atoms with E-state index in [1.165, 1.54) is 48.5 Å². The molecular weight excluding hydrogens is 2140 g/mol. The summed E-state index contributed by atoms with van der Waals surface area (Å²) in [4.78, 5) is 264. The van der Waals surface area contributed by atoms with Gasteiger partial charge < -0.3 is 83.4 Å². The van der Waals surface area contributed by atoms with E-state index in [-0.39, 0.29) is 45.5 Å². The van der Waals surface area contributed by atoms with Crippen LogP contribution in [0.25, 0.3) is 0 Å². The Morgan fingerprint density at radius 2 is 0.527 bits per heavy atom. The van der Waals surface area contributed by atoms with Crippen LogP contribution in [-0.4, -0.2) is 251 Å². The first-order valence-electron chi connectivity index (χ1n) is 45.2. The number of aliphatic hydroxyl groups is 1. The Morgan fingerprint density at radius 3 is 0.757 bits per heavy atom. The van der Waals surface area contributed by atoms with Gasteiger partial charge in [0.1, 0.15) is 129 Å². The zero-order chi connectivity index (χ0) is 108. The van der Waals surface area contributed by atoms with Crippen molar-refractivity contribution in [3.05, 3.63) is 218 Å². The highest BCUT2D eigenvalue weighted by molar-refractivity contribution is 7.50. The number of aromatic nitrogens is 14. The molecule has 148 heavy (non-hydrogen) atoms. The highest BCUT2D eigenvalue weighted by Crippen LogP contribution is 2.58. The van der Waals surface area contributed by atoms with Crippen molar-refractivity contribution in [2.45, 2.75) is 248 Å². The van der Waals surface area contributed by atoms with Gasteiger partial charge in [-0.05, 0) is 79.3 Å². The molecule has 0 aliphatic carbocycles. The van der Waals surface area contributed by atoms with E-state index in [0.29, 0.717) is 32.2 Å². The number of hydrogen-bond donors (Lipinski definition) is 16. The lowest BCUT2D eigenvalue weighted by molar-refractivity contribution is -0.276. The summed E-state index contributed by atoms with van der Waals surface area (Å²) in [7, 11) is -38.9. The third kappa shape index (κ3) is 28.8. The maximum atomic E-state index is 14.6. The number of nitrogens with two attached hydrogens (primary N) is 1. The standard InChI is InChI=1S/C76H107N16O49P7/c1-35-21-86(70(101)79-63(35)94)56-14-42(49(28-93)128-56)136-143(110,111)123-30-51-44(16-58(130-51)88-23-37(3)65(96)81-72(88)103)138-145(114,115)125-32-53-46(18-60(132-53)90-25-39(5)67(98)83-74(90)105)140-147(118,119)127-34-55-48(20-62(134-55)92-27-41(7)69(100)85-76(92)107)141-148(120,121)126-33-54-47(19-61(133-54)91-26-40(6)68(99)84-75(91)106)139-146(116,117)124-31-52-45(17-59(131-52)89-24-38(4)66(97)82-73(89)104)137-144(112,113)122-29-50-43(135-142(108,109)78-13-11-9-8-10-12-77)15-57(129-50)87-22-36(2)64(95)80-71(87)102/h21-27,42-62,93H,8-20,28-34,77H2,1-7H3,(H,110,111)(H,112,113)(H,114,115)(H,116,117)(H,118,119)(H,120,121)(H2,78,108,109)(H,79,94,101)(H,80,95,102)(H,81,96,103)(H,82,97,104)(H,83,98,105)(H,84,99,106)(H,85,100,107)/p-1/t42-,43-,44-,45-,46-,47-,48-,49+,50+,51+,52+,53+,54+,55+,56+,57+,58+,59+,60+,61+,62+/m0/s1. The minimum Gasteiger partial charge on any atom is -0.858 e. The van der Waals surface area contributed by atoms with Gasteiger partial charge in [0.05, 0.1) is 46.2 Å². The quantitative estimate of drug-likeness (QED) is 0.0137. The zero-order valence-electron chi connectivity index (χ0n) is 78.9. The van der Waals surface area contributed by atoms with Gasteiger partial charge in [-0.2, -0.15) is 0 Å². The Bertz CT molecular complexity index is 7170. The van der Waals surface area contributed by atoms with Gasteiger partial charge >= 0.3 is 94.5 Å². The average molecular weight is 2240 g/mol. The van der Waals surface area contributed by atoms with Crippen molar-refractivity contribution in [1.82, 2.24) is 71.9 Å². The fraction of sp³-hybridized carbons (Fsp3) is 0.632. The normalized spacial score (nSPS) is 29.1. The molecule has 72 heteroatoms. The molecule has 65 nitrogen and oxygen atoms in total. The van der Waals surface area contributed by atoms with Gasteiger partial charge in [0, 0.05) is 128 Å². The first-order chi connectivity index (χ1) is 69.4. The summed E-state index contributed by atoms with van der Waals surface area (Å²) in [5.41, 5.74) is -7.70. The molecule has 0 radical (unpaired) electrons. The van der Waals surface area contributed by atoms with Crippen LogP contribution in [0.5, 0.6) is 5.88 Å². The monoisotopic (exact) mass is 2240 g/mol. The molecule has 14 rings (SSSR count). The highest BCUT2D eigenvalue weighted by Gasteiger charge is 2.54. The lowest BCUT2D eigenvalue weighted by atomic mass is 10.2. The molecule has 0 bridgehead atoms. The number of ether oxygens (including phenoxy) is 7. The Kier molecular flexibility index (Phi) is 36.4. The molecule has 17 N–H and O–H groups in total. The fourth-order valence-corrected chi connectivity index (χ4v) is 23.6. The lowest BCUT2D eigenvalue weighted by Crippen LogP contribution is -2.33. The number of phosphoric ester groups is 6. The predicted octanol–water partition coefficient (Wildman–Crippen LogP) is -2.61. The number of hydrogen-bond acceptors (Lipinski definition) is 44. The molecule has 0 saturated carbocycles. The second kappa shape index (κ2) is 47.0. The summed E-state index contributed by atoms with van der Waals surface area (Å²) in [5, 5.41) is 24.6. The molecule has 0 aromatic carbocycles. The number of phosphoric acid groups is 6. The van der Waals surface area contributed by atoms with Crippen LogP contribution in [0.1, 0.15) is 153 Å². The largest absolute Gasteiger partial charge is 0.858 e. The van der Waals surface area contributed by atoms with E-state index in [1.807, 2.05) is 19.9 Å². The van der Waals surface area contributed by atoms with E-state index in [0.717, 1.165) is 75.3 Å². The molecule has 0 amide bonds. The van der Waals surface area contributed by atoms with Gasteiger partial charge in [0.2, 0.25) is 0 Å². The summed E-state index contributed by atoms with van der Waals surface area (Å²) >= 11 is 0. The van der Waals surface area contributed by atoms with Crippen LogP contribution < -0.4 is 89.1 Å². The maximum absolute atomic E-state index is 14.6. The van der Waals surface area contributed by atoms with Crippen molar-refractivity contribution in [2.75, 3.05) is 59.3 Å². The van der Waals surface area contributed by atoms with Crippen molar-refractivity contribution in [3.63, 3.8) is 0 Å². The van der Waals surface area contributed by atoms with Crippen molar-refractivity contribution in [3.8, 4) is 5.88 Å². The summed E-state index contributed by atoms with van der Waals surface area (Å²) in [6.07, 6.45) is -30.6. The van der Waals surface area contributed by atoms with Crippen LogP contribution in [-0.2, 0) is 124 Å². The molecule has 820 valence electrons. The molecule has 7 aromatic heterocycles. The number of nitrogens with zero attached hydrogens (tertiary/aromatic N) is 8. The van der Waals surface area contributed by atoms with Crippen molar-refractivity contribution in [1.29, 1.82) is 0 Å². The van der Waals surface area contributed by atoms with E-state index < -0.39 is 354 Å². The third-order valence-corrected chi connectivity index (χ3v) is 31.6. The first kappa shape index (κ1) is 115. The van der Waals surface area contributed by atoms with Crippen molar-refractivity contribution >= 4 is 54.7 Å². The van der Waals surface area contributed by atoms with Crippen LogP contribution in [0.2, 0.25) is 0 Å².